The molecule has 6 nitrogen and oxygen atoms in total. The van der Waals surface area contributed by atoms with Crippen LogP contribution >= 0.6 is 11.6 Å². The van der Waals surface area contributed by atoms with Crippen LogP contribution in [0.1, 0.15) is 19.4 Å². The topological polar surface area (TPSA) is 59.1 Å². The minimum absolute atomic E-state index is 0.141. The van der Waals surface area contributed by atoms with E-state index in [9.17, 15) is 9.59 Å². The van der Waals surface area contributed by atoms with Gasteiger partial charge in [-0.2, -0.15) is 0 Å². The van der Waals surface area contributed by atoms with E-state index in [0.717, 1.165) is 16.9 Å². The number of fused-ring (bicyclic) bond motifs is 1. The van der Waals surface area contributed by atoms with E-state index in [0.29, 0.717) is 11.5 Å². The van der Waals surface area contributed by atoms with E-state index in [1.165, 1.54) is 13.4 Å². The zero-order valence-corrected chi connectivity index (χ0v) is 15.8. The number of halogens is 1. The molecule has 0 fully saturated rings. The number of nitrogens with zero attached hydrogens (tertiary/aromatic N) is 2. The SMILES string of the molecule is CCl.CN(C)CC(=O)N(C)C(=O)Oc1cccc2c1OC(C)(C)C2. The molecule has 0 radical (unpaired) electrons. The van der Waals surface area contributed by atoms with Crippen LogP contribution in [0.2, 0.25) is 0 Å². The Morgan fingerprint density at radius 3 is 2.46 bits per heavy atom. The van der Waals surface area contributed by atoms with Gasteiger partial charge in [0.15, 0.2) is 11.5 Å². The summed E-state index contributed by atoms with van der Waals surface area (Å²) in [6.45, 7) is 4.10. The number of amides is 2. The summed E-state index contributed by atoms with van der Waals surface area (Å²) in [5.74, 6) is 0.593. The Labute approximate surface area is 148 Å². The van der Waals surface area contributed by atoms with Crippen molar-refractivity contribution in [3.63, 3.8) is 0 Å². The van der Waals surface area contributed by atoms with Gasteiger partial charge in [-0.1, -0.05) is 12.1 Å². The fourth-order valence-corrected chi connectivity index (χ4v) is 2.31. The second kappa shape index (κ2) is 8.35. The summed E-state index contributed by atoms with van der Waals surface area (Å²) in [7, 11) is 4.93. The minimum Gasteiger partial charge on any atom is -0.483 e. The Hall–Kier alpha value is -1.79. The zero-order valence-electron chi connectivity index (χ0n) is 15.1. The van der Waals surface area contributed by atoms with E-state index < -0.39 is 6.09 Å². The Morgan fingerprint density at radius 1 is 1.25 bits per heavy atom. The first-order valence-electron chi connectivity index (χ1n) is 7.51. The van der Waals surface area contributed by atoms with Gasteiger partial charge in [-0.15, -0.1) is 11.6 Å². The molecule has 0 aromatic heterocycles. The molecule has 2 amide bonds. The monoisotopic (exact) mass is 356 g/mol. The fourth-order valence-electron chi connectivity index (χ4n) is 2.31. The van der Waals surface area contributed by atoms with E-state index in [2.05, 4.69) is 11.6 Å². The van der Waals surface area contributed by atoms with Gasteiger partial charge in [0.05, 0.1) is 6.54 Å². The van der Waals surface area contributed by atoms with Crippen LogP contribution in [0.3, 0.4) is 0 Å². The van der Waals surface area contributed by atoms with Gasteiger partial charge in [-0.3, -0.25) is 4.79 Å². The maximum atomic E-state index is 12.1. The molecule has 0 saturated carbocycles. The van der Waals surface area contributed by atoms with Crippen molar-refractivity contribution >= 4 is 23.6 Å². The molecule has 0 aliphatic carbocycles. The average Bonchev–Trinajstić information content (AvgIpc) is 2.82. The lowest BCUT2D eigenvalue weighted by Gasteiger charge is -2.20. The van der Waals surface area contributed by atoms with E-state index in [1.807, 2.05) is 26.0 Å². The molecule has 0 atom stereocenters. The van der Waals surface area contributed by atoms with Crippen LogP contribution in [0, 0.1) is 0 Å². The van der Waals surface area contributed by atoms with E-state index >= 15 is 0 Å². The van der Waals surface area contributed by atoms with Gasteiger partial charge >= 0.3 is 6.09 Å². The minimum atomic E-state index is -0.714. The van der Waals surface area contributed by atoms with Crippen molar-refractivity contribution in [2.24, 2.45) is 0 Å². The normalized spacial score (nSPS) is 14.2. The Morgan fingerprint density at radius 2 is 1.88 bits per heavy atom. The number of imide groups is 1. The molecule has 0 bridgehead atoms. The highest BCUT2D eigenvalue weighted by Crippen LogP contribution is 2.41. The summed E-state index contributed by atoms with van der Waals surface area (Å²) in [6, 6.07) is 5.43. The van der Waals surface area contributed by atoms with Crippen molar-refractivity contribution in [1.82, 2.24) is 9.80 Å². The second-order valence-corrected chi connectivity index (χ2v) is 6.34. The van der Waals surface area contributed by atoms with Gasteiger partial charge in [0.25, 0.3) is 0 Å². The third-order valence-electron chi connectivity index (χ3n) is 3.35. The average molecular weight is 357 g/mol. The molecular weight excluding hydrogens is 332 g/mol. The smallest absolute Gasteiger partial charge is 0.421 e. The quantitative estimate of drug-likeness (QED) is 0.779. The Kier molecular flexibility index (Phi) is 7.05. The highest BCUT2D eigenvalue weighted by Gasteiger charge is 2.33. The van der Waals surface area contributed by atoms with Crippen LogP contribution in [0.15, 0.2) is 18.2 Å². The number of carbonyl (C=O) groups is 2. The summed E-state index contributed by atoms with van der Waals surface area (Å²) in [6.07, 6.45) is 1.51. The van der Waals surface area contributed by atoms with Gasteiger partial charge < -0.3 is 14.4 Å². The molecule has 1 aliphatic rings. The second-order valence-electron chi connectivity index (χ2n) is 6.34. The highest BCUT2D eigenvalue weighted by molar-refractivity contribution is 6.15. The lowest BCUT2D eigenvalue weighted by molar-refractivity contribution is -0.128. The predicted molar refractivity (Wildman–Crippen MR) is 94.0 cm³/mol. The first-order valence-corrected chi connectivity index (χ1v) is 8.27. The summed E-state index contributed by atoms with van der Waals surface area (Å²) < 4.78 is 11.2. The van der Waals surface area contributed by atoms with Crippen LogP contribution in [0.5, 0.6) is 11.5 Å². The van der Waals surface area contributed by atoms with Crippen LogP contribution in [-0.2, 0) is 11.2 Å². The summed E-state index contributed by atoms with van der Waals surface area (Å²) in [4.78, 5) is 26.6. The number of hydrogen-bond donors (Lipinski definition) is 0. The van der Waals surface area contributed by atoms with Crippen LogP contribution < -0.4 is 9.47 Å². The van der Waals surface area contributed by atoms with Gasteiger partial charge in [0.2, 0.25) is 5.91 Å². The van der Waals surface area contributed by atoms with Crippen LogP contribution in [0.25, 0.3) is 0 Å². The maximum absolute atomic E-state index is 12.1. The van der Waals surface area contributed by atoms with Crippen molar-refractivity contribution < 1.29 is 19.1 Å². The van der Waals surface area contributed by atoms with Crippen molar-refractivity contribution in [2.45, 2.75) is 25.9 Å². The number of rotatable bonds is 3. The van der Waals surface area contributed by atoms with Gasteiger partial charge in [-0.25, -0.2) is 9.69 Å². The summed E-state index contributed by atoms with van der Waals surface area (Å²) >= 11 is 4.64. The molecule has 1 aromatic rings. The number of alkyl halides is 1. The van der Waals surface area contributed by atoms with Crippen LogP contribution in [0.4, 0.5) is 4.79 Å². The lowest BCUT2D eigenvalue weighted by atomic mass is 10.0. The molecule has 0 N–H and O–H groups in total. The molecule has 1 heterocycles. The van der Waals surface area contributed by atoms with Crippen molar-refractivity contribution in [3.8, 4) is 11.5 Å². The number of hydrogen-bond acceptors (Lipinski definition) is 5. The number of para-hydroxylation sites is 1. The lowest BCUT2D eigenvalue weighted by Crippen LogP contribution is -2.40. The number of likely N-dealkylation sites (N-methyl/N-ethyl adjacent to an activating group) is 2. The zero-order chi connectivity index (χ0) is 18.5. The van der Waals surface area contributed by atoms with E-state index in [4.69, 9.17) is 9.47 Å². The Balaban J connectivity index is 0.00000139. The number of carbonyl (C=O) groups excluding carboxylic acids is 2. The third kappa shape index (κ3) is 5.11. The van der Waals surface area contributed by atoms with Crippen LogP contribution in [-0.4, -0.2) is 61.5 Å². The van der Waals surface area contributed by atoms with Gasteiger partial charge in [-0.05, 0) is 34.0 Å². The molecule has 2 rings (SSSR count). The van der Waals surface area contributed by atoms with Crippen molar-refractivity contribution in [1.29, 1.82) is 0 Å². The standard InChI is InChI=1S/C16H22N2O4.CH3Cl/c1-16(2)9-11-7-6-8-12(14(11)22-16)21-15(20)18(5)13(19)10-17(3)4;1-2/h6-8H,9-10H2,1-5H3;1H3. The molecule has 7 heteroatoms. The first-order chi connectivity index (χ1) is 11.2. The molecule has 0 saturated heterocycles. The fraction of sp³-hybridized carbons (Fsp3) is 0.529. The number of benzene rings is 1. The third-order valence-corrected chi connectivity index (χ3v) is 3.35. The van der Waals surface area contributed by atoms with Crippen molar-refractivity contribution in [2.75, 3.05) is 34.1 Å². The summed E-state index contributed by atoms with van der Waals surface area (Å²) in [5, 5.41) is 0. The van der Waals surface area contributed by atoms with Gasteiger partial charge in [0.1, 0.15) is 5.60 Å². The Bertz CT molecular complexity index is 602. The van der Waals surface area contributed by atoms with Crippen molar-refractivity contribution in [3.05, 3.63) is 23.8 Å². The molecular formula is C17H25ClN2O4. The molecule has 0 spiro atoms. The largest absolute Gasteiger partial charge is 0.483 e. The van der Waals surface area contributed by atoms with E-state index in [1.54, 1.807) is 25.1 Å². The molecule has 1 aromatic carbocycles. The molecule has 0 unspecified atom stereocenters. The first kappa shape index (κ1) is 20.3. The maximum Gasteiger partial charge on any atom is 0.421 e. The molecule has 1 aliphatic heterocycles. The molecule has 134 valence electrons. The highest BCUT2D eigenvalue weighted by atomic mass is 35.5. The molecule has 24 heavy (non-hydrogen) atoms. The number of ether oxygens (including phenoxy) is 2. The van der Waals surface area contributed by atoms with Gasteiger partial charge in [0, 0.05) is 25.4 Å². The van der Waals surface area contributed by atoms with E-state index in [-0.39, 0.29) is 18.1 Å². The predicted octanol–water partition coefficient (Wildman–Crippen LogP) is 2.77. The summed E-state index contributed by atoms with van der Waals surface area (Å²) in [5.41, 5.74) is 0.676.